The summed E-state index contributed by atoms with van der Waals surface area (Å²) in [6, 6.07) is 8.42. The second-order valence-corrected chi connectivity index (χ2v) is 6.19. The average molecular weight is 310 g/mol. The van der Waals surface area contributed by atoms with Crippen molar-refractivity contribution in [2.24, 2.45) is 7.05 Å². The highest BCUT2D eigenvalue weighted by molar-refractivity contribution is 7.99. The van der Waals surface area contributed by atoms with Gasteiger partial charge < -0.3 is 5.32 Å². The maximum Gasteiger partial charge on any atom is 0.0541 e. The number of nitrogens with one attached hydrogen (secondary N) is 1. The van der Waals surface area contributed by atoms with Gasteiger partial charge >= 0.3 is 0 Å². The van der Waals surface area contributed by atoms with E-state index in [9.17, 15) is 0 Å². The molecule has 0 radical (unpaired) electrons. The van der Waals surface area contributed by atoms with Crippen LogP contribution in [-0.4, -0.2) is 28.1 Å². The number of aromatic nitrogens is 2. The Morgan fingerprint density at radius 1 is 1.40 bits per heavy atom. The predicted molar refractivity (Wildman–Crippen MR) is 86.6 cm³/mol. The van der Waals surface area contributed by atoms with E-state index < -0.39 is 0 Å². The number of rotatable bonds is 7. The molecule has 0 fully saturated rings. The number of thioether (sulfide) groups is 1. The van der Waals surface area contributed by atoms with Gasteiger partial charge in [-0.15, -0.1) is 11.8 Å². The second-order valence-electron chi connectivity index (χ2n) is 4.72. The van der Waals surface area contributed by atoms with Gasteiger partial charge in [0.1, 0.15) is 0 Å². The zero-order valence-corrected chi connectivity index (χ0v) is 13.4. The van der Waals surface area contributed by atoms with E-state index in [0.717, 1.165) is 28.6 Å². The van der Waals surface area contributed by atoms with Crippen molar-refractivity contribution in [1.82, 2.24) is 15.1 Å². The molecule has 2 rings (SSSR count). The van der Waals surface area contributed by atoms with E-state index in [1.807, 2.05) is 36.1 Å². The number of aryl methyl sites for hydroxylation is 1. The molecule has 0 aliphatic rings. The first-order valence-electron chi connectivity index (χ1n) is 6.77. The van der Waals surface area contributed by atoms with Gasteiger partial charge in [0.05, 0.1) is 11.2 Å². The lowest BCUT2D eigenvalue weighted by molar-refractivity contribution is 0.572. The zero-order valence-electron chi connectivity index (χ0n) is 11.8. The molecule has 3 nitrogen and oxygen atoms in total. The third-order valence-corrected chi connectivity index (χ3v) is 4.69. The molecule has 2 aromatic rings. The summed E-state index contributed by atoms with van der Waals surface area (Å²) in [5.74, 6) is 0.993. The molecule has 0 saturated heterocycles. The van der Waals surface area contributed by atoms with Crippen molar-refractivity contribution in [3.8, 4) is 0 Å². The topological polar surface area (TPSA) is 29.9 Å². The summed E-state index contributed by atoms with van der Waals surface area (Å²) >= 11 is 7.99. The highest BCUT2D eigenvalue weighted by atomic mass is 35.5. The Labute approximate surface area is 129 Å². The lowest BCUT2D eigenvalue weighted by Gasteiger charge is -2.17. The zero-order chi connectivity index (χ0) is 14.4. The van der Waals surface area contributed by atoms with E-state index in [1.54, 1.807) is 11.8 Å². The number of benzene rings is 1. The Bertz CT molecular complexity index is 541. The molecule has 0 amide bonds. The molecule has 0 aliphatic carbocycles. The molecule has 0 aliphatic heterocycles. The molecule has 1 aromatic carbocycles. The third-order valence-electron chi connectivity index (χ3n) is 3.01. The van der Waals surface area contributed by atoms with Crippen LogP contribution in [-0.2, 0) is 13.5 Å². The van der Waals surface area contributed by atoms with Gasteiger partial charge in [0.2, 0.25) is 0 Å². The van der Waals surface area contributed by atoms with Crippen molar-refractivity contribution in [2.75, 3.05) is 12.3 Å². The van der Waals surface area contributed by atoms with Crippen LogP contribution in [0.15, 0.2) is 41.6 Å². The lowest BCUT2D eigenvalue weighted by atomic mass is 10.1. The molecule has 5 heteroatoms. The minimum atomic E-state index is 0.422. The first-order valence-corrected chi connectivity index (χ1v) is 8.13. The maximum atomic E-state index is 6.19. The molecule has 20 heavy (non-hydrogen) atoms. The Kier molecular flexibility index (Phi) is 5.95. The fourth-order valence-electron chi connectivity index (χ4n) is 2.09. The van der Waals surface area contributed by atoms with Crippen LogP contribution >= 0.6 is 23.4 Å². The van der Waals surface area contributed by atoms with Crippen LogP contribution < -0.4 is 5.32 Å². The Morgan fingerprint density at radius 3 is 2.85 bits per heavy atom. The molecule has 1 aromatic heterocycles. The minimum absolute atomic E-state index is 0.422. The highest BCUT2D eigenvalue weighted by Crippen LogP contribution is 2.27. The van der Waals surface area contributed by atoms with E-state index in [1.165, 1.54) is 5.56 Å². The lowest BCUT2D eigenvalue weighted by Crippen LogP contribution is -2.33. The largest absolute Gasteiger partial charge is 0.313 e. The van der Waals surface area contributed by atoms with Gasteiger partial charge in [-0.1, -0.05) is 30.7 Å². The quantitative estimate of drug-likeness (QED) is 0.795. The summed E-state index contributed by atoms with van der Waals surface area (Å²) in [5, 5.41) is 8.58. The minimum Gasteiger partial charge on any atom is -0.313 e. The molecule has 108 valence electrons. The molecule has 1 heterocycles. The van der Waals surface area contributed by atoms with Crippen molar-refractivity contribution in [1.29, 1.82) is 0 Å². The summed E-state index contributed by atoms with van der Waals surface area (Å²) in [7, 11) is 1.95. The van der Waals surface area contributed by atoms with Gasteiger partial charge in [0.25, 0.3) is 0 Å². The van der Waals surface area contributed by atoms with Gasteiger partial charge in [-0.25, -0.2) is 0 Å². The average Bonchev–Trinajstić information content (AvgIpc) is 2.83. The number of halogens is 1. The molecule has 0 bridgehead atoms. The number of hydrogen-bond acceptors (Lipinski definition) is 3. The molecule has 0 saturated carbocycles. The second kappa shape index (κ2) is 7.72. The first kappa shape index (κ1) is 15.4. The number of likely N-dealkylation sites (N-methyl/N-ethyl adjacent to an activating group) is 1. The van der Waals surface area contributed by atoms with Crippen LogP contribution in [0, 0.1) is 0 Å². The van der Waals surface area contributed by atoms with E-state index in [-0.39, 0.29) is 0 Å². The van der Waals surface area contributed by atoms with Crippen LogP contribution in [0.5, 0.6) is 0 Å². The first-order chi connectivity index (χ1) is 9.69. The third kappa shape index (κ3) is 4.54. The van der Waals surface area contributed by atoms with Gasteiger partial charge in [-0.05, 0) is 30.7 Å². The molecular weight excluding hydrogens is 290 g/mol. The normalized spacial score (nSPS) is 12.6. The predicted octanol–water partition coefficient (Wildman–Crippen LogP) is 3.39. The van der Waals surface area contributed by atoms with E-state index in [0.29, 0.717) is 6.04 Å². The molecule has 1 unspecified atom stereocenters. The van der Waals surface area contributed by atoms with Crippen molar-refractivity contribution in [3.63, 3.8) is 0 Å². The Morgan fingerprint density at radius 2 is 2.20 bits per heavy atom. The van der Waals surface area contributed by atoms with Crippen LogP contribution in [0.1, 0.15) is 12.5 Å². The number of hydrogen-bond donors (Lipinski definition) is 1. The van der Waals surface area contributed by atoms with Crippen LogP contribution in [0.25, 0.3) is 0 Å². The van der Waals surface area contributed by atoms with Crippen molar-refractivity contribution < 1.29 is 0 Å². The van der Waals surface area contributed by atoms with Gasteiger partial charge in [-0.2, -0.15) is 5.10 Å². The van der Waals surface area contributed by atoms with Crippen LogP contribution in [0.2, 0.25) is 5.02 Å². The maximum absolute atomic E-state index is 6.19. The van der Waals surface area contributed by atoms with Crippen molar-refractivity contribution in [3.05, 3.63) is 47.2 Å². The van der Waals surface area contributed by atoms with Crippen LogP contribution in [0.4, 0.5) is 0 Å². The van der Waals surface area contributed by atoms with Gasteiger partial charge in [-0.3, -0.25) is 4.68 Å². The fourth-order valence-corrected chi connectivity index (χ4v) is 3.39. The standard InChI is InChI=1S/C15H20ClN3S/c1-3-17-13(8-12-9-18-19(2)10-12)11-20-15-7-5-4-6-14(15)16/h4-7,9-10,13,17H,3,8,11H2,1-2H3. The highest BCUT2D eigenvalue weighted by Gasteiger charge is 2.11. The summed E-state index contributed by atoms with van der Waals surface area (Å²) in [6.07, 6.45) is 4.99. The molecular formula is C15H20ClN3S. The monoisotopic (exact) mass is 309 g/mol. The Balaban J connectivity index is 1.94. The summed E-state index contributed by atoms with van der Waals surface area (Å²) in [6.45, 7) is 3.10. The fraction of sp³-hybridized carbons (Fsp3) is 0.400. The van der Waals surface area contributed by atoms with Gasteiger partial charge in [0.15, 0.2) is 0 Å². The Hall–Kier alpha value is -0.970. The van der Waals surface area contributed by atoms with Gasteiger partial charge in [0, 0.05) is 29.9 Å². The SMILES string of the molecule is CCNC(CSc1ccccc1Cl)Cc1cnn(C)c1. The molecule has 0 spiro atoms. The van der Waals surface area contributed by atoms with Crippen molar-refractivity contribution >= 4 is 23.4 Å². The van der Waals surface area contributed by atoms with E-state index in [2.05, 4.69) is 29.6 Å². The van der Waals surface area contributed by atoms with E-state index in [4.69, 9.17) is 11.6 Å². The summed E-state index contributed by atoms with van der Waals surface area (Å²) in [4.78, 5) is 1.14. The number of nitrogens with zero attached hydrogens (tertiary/aromatic N) is 2. The molecule has 1 N–H and O–H groups in total. The summed E-state index contributed by atoms with van der Waals surface area (Å²) in [5.41, 5.74) is 1.26. The molecule has 1 atom stereocenters. The summed E-state index contributed by atoms with van der Waals surface area (Å²) < 4.78 is 1.85. The van der Waals surface area contributed by atoms with E-state index >= 15 is 0 Å². The van der Waals surface area contributed by atoms with Crippen LogP contribution in [0.3, 0.4) is 0 Å². The smallest absolute Gasteiger partial charge is 0.0541 e. The van der Waals surface area contributed by atoms with Crippen molar-refractivity contribution in [2.45, 2.75) is 24.3 Å².